The average molecular weight is 278 g/mol. The Morgan fingerprint density at radius 2 is 1.52 bits per heavy atom. The fourth-order valence-electron chi connectivity index (χ4n) is 3.13. The molecule has 0 bridgehead atoms. The van der Waals surface area contributed by atoms with Gasteiger partial charge in [0.15, 0.2) is 0 Å². The van der Waals surface area contributed by atoms with Gasteiger partial charge in [-0.3, -0.25) is 4.79 Å². The Kier molecular flexibility index (Phi) is 2.57. The molecule has 0 radical (unpaired) electrons. The maximum absolute atomic E-state index is 12.6. The van der Waals surface area contributed by atoms with E-state index in [1.54, 1.807) is 17.0 Å². The van der Waals surface area contributed by atoms with Gasteiger partial charge in [-0.1, -0.05) is 42.5 Å². The molecule has 4 heteroatoms. The Morgan fingerprint density at radius 3 is 2.29 bits per heavy atom. The first kappa shape index (κ1) is 12.1. The van der Waals surface area contributed by atoms with E-state index in [1.165, 1.54) is 4.90 Å². The van der Waals surface area contributed by atoms with Crippen molar-refractivity contribution >= 4 is 17.6 Å². The lowest BCUT2D eigenvalue weighted by Crippen LogP contribution is -2.39. The maximum atomic E-state index is 12.6. The molecular formula is C17H14N2O2. The van der Waals surface area contributed by atoms with Crippen LogP contribution in [0, 0.1) is 0 Å². The number of benzene rings is 2. The molecule has 4 rings (SSSR count). The molecular weight excluding hydrogens is 264 g/mol. The van der Waals surface area contributed by atoms with Crippen molar-refractivity contribution in [3.8, 4) is 0 Å². The number of carbonyl (C=O) groups excluding carboxylic acids is 2. The smallest absolute Gasteiger partial charge is 0.307 e. The summed E-state index contributed by atoms with van der Waals surface area (Å²) >= 11 is 0. The number of nitrogens with zero attached hydrogens (tertiary/aromatic N) is 2. The van der Waals surface area contributed by atoms with Crippen LogP contribution in [-0.2, 0) is 17.8 Å². The second kappa shape index (κ2) is 4.45. The Bertz CT molecular complexity index is 684. The monoisotopic (exact) mass is 278 g/mol. The van der Waals surface area contributed by atoms with E-state index in [0.717, 1.165) is 11.1 Å². The predicted octanol–water partition coefficient (Wildman–Crippen LogP) is 2.58. The van der Waals surface area contributed by atoms with Gasteiger partial charge >= 0.3 is 6.03 Å². The van der Waals surface area contributed by atoms with Crippen molar-refractivity contribution in [1.29, 1.82) is 0 Å². The molecule has 2 heterocycles. The van der Waals surface area contributed by atoms with Crippen LogP contribution in [-0.4, -0.2) is 22.9 Å². The molecule has 0 saturated carbocycles. The van der Waals surface area contributed by atoms with Crippen molar-refractivity contribution in [2.24, 2.45) is 0 Å². The van der Waals surface area contributed by atoms with Crippen molar-refractivity contribution in [1.82, 2.24) is 4.90 Å². The lowest BCUT2D eigenvalue weighted by atomic mass is 9.95. The van der Waals surface area contributed by atoms with E-state index in [1.807, 2.05) is 42.5 Å². The summed E-state index contributed by atoms with van der Waals surface area (Å²) < 4.78 is 0. The van der Waals surface area contributed by atoms with Crippen LogP contribution in [0.1, 0.15) is 11.1 Å². The van der Waals surface area contributed by atoms with E-state index in [2.05, 4.69) is 0 Å². The molecule has 1 saturated heterocycles. The van der Waals surface area contributed by atoms with Gasteiger partial charge in [0, 0.05) is 13.0 Å². The second-order valence-electron chi connectivity index (χ2n) is 5.41. The molecule has 0 unspecified atom stereocenters. The summed E-state index contributed by atoms with van der Waals surface area (Å²) in [5.74, 6) is -0.124. The number of urea groups is 1. The van der Waals surface area contributed by atoms with Crippen LogP contribution in [0.5, 0.6) is 0 Å². The fraction of sp³-hybridized carbons (Fsp3) is 0.176. The summed E-state index contributed by atoms with van der Waals surface area (Å²) in [6.45, 7) is 0.509. The highest BCUT2D eigenvalue weighted by molar-refractivity contribution is 6.21. The Labute approximate surface area is 122 Å². The minimum Gasteiger partial charge on any atom is -0.307 e. The zero-order valence-electron chi connectivity index (χ0n) is 11.4. The number of anilines is 1. The van der Waals surface area contributed by atoms with Crippen molar-refractivity contribution in [3.05, 3.63) is 65.7 Å². The number of para-hydroxylation sites is 1. The summed E-state index contributed by atoms with van der Waals surface area (Å²) in [5, 5.41) is 0. The number of rotatable bonds is 1. The normalized spacial score (nSPS) is 20.5. The first-order chi connectivity index (χ1) is 10.3. The highest BCUT2D eigenvalue weighted by Gasteiger charge is 2.47. The fourth-order valence-corrected chi connectivity index (χ4v) is 3.13. The van der Waals surface area contributed by atoms with Crippen LogP contribution < -0.4 is 4.90 Å². The third-order valence-corrected chi connectivity index (χ3v) is 4.21. The molecule has 0 spiro atoms. The molecule has 2 aliphatic heterocycles. The molecule has 0 aliphatic carbocycles. The maximum Gasteiger partial charge on any atom is 0.332 e. The van der Waals surface area contributed by atoms with E-state index < -0.39 is 0 Å². The van der Waals surface area contributed by atoms with Crippen molar-refractivity contribution in [3.63, 3.8) is 0 Å². The third kappa shape index (κ3) is 1.76. The average Bonchev–Trinajstić information content (AvgIpc) is 2.77. The molecule has 104 valence electrons. The summed E-state index contributed by atoms with van der Waals surface area (Å²) in [6.07, 6.45) is 0.601. The van der Waals surface area contributed by atoms with Gasteiger partial charge in [0.25, 0.3) is 5.91 Å². The molecule has 2 aromatic rings. The van der Waals surface area contributed by atoms with E-state index in [-0.39, 0.29) is 18.0 Å². The van der Waals surface area contributed by atoms with Crippen LogP contribution in [0.4, 0.5) is 10.5 Å². The molecule has 4 nitrogen and oxygen atoms in total. The molecule has 0 aromatic heterocycles. The minimum atomic E-state index is -0.368. The molecule has 0 N–H and O–H groups in total. The Morgan fingerprint density at radius 1 is 0.857 bits per heavy atom. The number of carbonyl (C=O) groups is 2. The van der Waals surface area contributed by atoms with Crippen LogP contribution in [0.25, 0.3) is 0 Å². The van der Waals surface area contributed by atoms with E-state index in [9.17, 15) is 9.59 Å². The zero-order chi connectivity index (χ0) is 14.4. The molecule has 3 amide bonds. The Hall–Kier alpha value is -2.62. The second-order valence-corrected chi connectivity index (χ2v) is 5.41. The number of hydrogen-bond acceptors (Lipinski definition) is 2. The van der Waals surface area contributed by atoms with Crippen LogP contribution in [0.2, 0.25) is 0 Å². The molecule has 21 heavy (non-hydrogen) atoms. The Balaban J connectivity index is 1.73. The van der Waals surface area contributed by atoms with Gasteiger partial charge < -0.3 is 4.90 Å². The summed E-state index contributed by atoms with van der Waals surface area (Å²) in [7, 11) is 0. The third-order valence-electron chi connectivity index (χ3n) is 4.21. The molecule has 1 fully saturated rings. The SMILES string of the molecule is O=C1[C@@H]2Cc3ccccc3CN2C(=O)N1c1ccccc1. The summed E-state index contributed by atoms with van der Waals surface area (Å²) in [4.78, 5) is 28.2. The van der Waals surface area contributed by atoms with Gasteiger partial charge in [-0.15, -0.1) is 0 Å². The minimum absolute atomic E-state index is 0.124. The van der Waals surface area contributed by atoms with Crippen molar-refractivity contribution in [2.45, 2.75) is 19.0 Å². The van der Waals surface area contributed by atoms with Gasteiger partial charge in [0.05, 0.1) is 5.69 Å². The lowest BCUT2D eigenvalue weighted by Gasteiger charge is -2.28. The quantitative estimate of drug-likeness (QED) is 0.752. The number of hydrogen-bond donors (Lipinski definition) is 0. The highest BCUT2D eigenvalue weighted by atomic mass is 16.2. The largest absolute Gasteiger partial charge is 0.332 e. The molecule has 2 aliphatic rings. The van der Waals surface area contributed by atoms with Gasteiger partial charge in [0.1, 0.15) is 6.04 Å². The lowest BCUT2D eigenvalue weighted by molar-refractivity contribution is -0.119. The van der Waals surface area contributed by atoms with Crippen LogP contribution >= 0.6 is 0 Å². The number of amides is 3. The molecule has 2 aromatic carbocycles. The van der Waals surface area contributed by atoms with E-state index in [4.69, 9.17) is 0 Å². The first-order valence-corrected chi connectivity index (χ1v) is 7.02. The van der Waals surface area contributed by atoms with Crippen molar-refractivity contribution in [2.75, 3.05) is 4.90 Å². The van der Waals surface area contributed by atoms with Gasteiger partial charge in [-0.05, 0) is 23.3 Å². The highest BCUT2D eigenvalue weighted by Crippen LogP contribution is 2.32. The van der Waals surface area contributed by atoms with Gasteiger partial charge in [-0.25, -0.2) is 9.69 Å². The number of fused-ring (bicyclic) bond motifs is 2. The van der Waals surface area contributed by atoms with E-state index >= 15 is 0 Å². The standard InChI is InChI=1S/C17H14N2O2/c20-16-15-10-12-6-4-5-7-13(12)11-18(15)17(21)19(16)14-8-2-1-3-9-14/h1-9,15H,10-11H2/t15-/m0/s1. The molecule has 1 atom stereocenters. The van der Waals surface area contributed by atoms with Gasteiger partial charge in [-0.2, -0.15) is 0 Å². The summed E-state index contributed by atoms with van der Waals surface area (Å²) in [6, 6.07) is 16.5. The van der Waals surface area contributed by atoms with Crippen molar-refractivity contribution < 1.29 is 9.59 Å². The predicted molar refractivity (Wildman–Crippen MR) is 78.8 cm³/mol. The topological polar surface area (TPSA) is 40.6 Å². The van der Waals surface area contributed by atoms with Crippen LogP contribution in [0.15, 0.2) is 54.6 Å². The first-order valence-electron chi connectivity index (χ1n) is 7.02. The zero-order valence-corrected chi connectivity index (χ0v) is 11.4. The number of imide groups is 1. The van der Waals surface area contributed by atoms with E-state index in [0.29, 0.717) is 18.7 Å². The van der Waals surface area contributed by atoms with Crippen LogP contribution in [0.3, 0.4) is 0 Å². The summed E-state index contributed by atoms with van der Waals surface area (Å²) in [5.41, 5.74) is 2.94. The van der Waals surface area contributed by atoms with Gasteiger partial charge in [0.2, 0.25) is 0 Å².